The lowest BCUT2D eigenvalue weighted by Crippen LogP contribution is -2.25. The van der Waals surface area contributed by atoms with E-state index in [1.807, 2.05) is 30.4 Å². The Morgan fingerprint density at radius 2 is 1.73 bits per heavy atom. The first-order valence-corrected chi connectivity index (χ1v) is 8.09. The van der Waals surface area contributed by atoms with E-state index in [1.54, 1.807) is 6.08 Å². The molecule has 2 nitrogen and oxygen atoms in total. The molecule has 1 N–H and O–H groups in total. The van der Waals surface area contributed by atoms with E-state index in [0.717, 1.165) is 32.2 Å². The molecule has 0 unspecified atom stereocenters. The van der Waals surface area contributed by atoms with Gasteiger partial charge in [-0.15, -0.1) is 0 Å². The van der Waals surface area contributed by atoms with Crippen LogP contribution in [0.1, 0.15) is 46.5 Å². The van der Waals surface area contributed by atoms with E-state index in [2.05, 4.69) is 50.1 Å². The van der Waals surface area contributed by atoms with Crippen molar-refractivity contribution in [1.29, 1.82) is 0 Å². The zero-order chi connectivity index (χ0) is 16.5. The molecular formula is C20H29NO. The molecule has 0 aliphatic rings. The number of carbonyl (C=O) groups excluding carboxylic acids is 1. The summed E-state index contributed by atoms with van der Waals surface area (Å²) in [6, 6.07) is 0. The van der Waals surface area contributed by atoms with Crippen LogP contribution in [0.15, 0.2) is 48.6 Å². The molecule has 0 fully saturated rings. The SMILES string of the molecule is CCCC=CC#CC=CC=CCCC=CC(=O)NCC(C)C. The maximum absolute atomic E-state index is 11.4. The molecule has 0 radical (unpaired) electrons. The van der Waals surface area contributed by atoms with Crippen LogP contribution in [0, 0.1) is 17.8 Å². The van der Waals surface area contributed by atoms with Crippen molar-refractivity contribution in [2.45, 2.75) is 46.5 Å². The maximum atomic E-state index is 11.4. The molecular weight excluding hydrogens is 270 g/mol. The van der Waals surface area contributed by atoms with Gasteiger partial charge in [0, 0.05) is 6.54 Å². The average molecular weight is 299 g/mol. The van der Waals surface area contributed by atoms with Gasteiger partial charge in [-0.25, -0.2) is 0 Å². The molecule has 0 aromatic heterocycles. The van der Waals surface area contributed by atoms with Crippen molar-refractivity contribution in [3.05, 3.63) is 48.6 Å². The number of hydrogen-bond donors (Lipinski definition) is 1. The smallest absolute Gasteiger partial charge is 0.243 e. The summed E-state index contributed by atoms with van der Waals surface area (Å²) in [4.78, 5) is 11.4. The van der Waals surface area contributed by atoms with Crippen LogP contribution in [-0.2, 0) is 4.79 Å². The van der Waals surface area contributed by atoms with Gasteiger partial charge in [-0.1, -0.05) is 69.4 Å². The molecule has 1 amide bonds. The van der Waals surface area contributed by atoms with Gasteiger partial charge < -0.3 is 5.32 Å². The van der Waals surface area contributed by atoms with Crippen molar-refractivity contribution in [2.75, 3.05) is 6.54 Å². The summed E-state index contributed by atoms with van der Waals surface area (Å²) in [5, 5.41) is 2.85. The first-order chi connectivity index (χ1) is 10.7. The van der Waals surface area contributed by atoms with Crippen molar-refractivity contribution in [3.8, 4) is 11.8 Å². The third kappa shape index (κ3) is 16.0. The Kier molecular flexibility index (Phi) is 14.0. The topological polar surface area (TPSA) is 29.1 Å². The Bertz CT molecular complexity index is 456. The van der Waals surface area contributed by atoms with Crippen LogP contribution in [0.4, 0.5) is 0 Å². The minimum atomic E-state index is -0.0102. The predicted octanol–water partition coefficient (Wildman–Crippen LogP) is 4.57. The number of nitrogens with one attached hydrogen (secondary N) is 1. The minimum Gasteiger partial charge on any atom is -0.352 e. The van der Waals surface area contributed by atoms with Gasteiger partial charge in [0.15, 0.2) is 0 Å². The Balaban J connectivity index is 3.71. The standard InChI is InChI=1S/C20H29NO/c1-4-5-6-7-8-9-10-11-12-13-14-15-16-17-20(22)21-18-19(2)3/h6-7,10-13,16-17,19H,4-5,14-15,18H2,1-3H3,(H,21,22). The highest BCUT2D eigenvalue weighted by molar-refractivity contribution is 5.87. The lowest BCUT2D eigenvalue weighted by Gasteiger charge is -2.03. The van der Waals surface area contributed by atoms with Crippen LogP contribution >= 0.6 is 0 Å². The van der Waals surface area contributed by atoms with Crippen molar-refractivity contribution < 1.29 is 4.79 Å². The van der Waals surface area contributed by atoms with Gasteiger partial charge >= 0.3 is 0 Å². The number of allylic oxidation sites excluding steroid dienone is 7. The van der Waals surface area contributed by atoms with Gasteiger partial charge in [0.05, 0.1) is 0 Å². The number of carbonyl (C=O) groups is 1. The highest BCUT2D eigenvalue weighted by atomic mass is 16.1. The summed E-state index contributed by atoms with van der Waals surface area (Å²) in [6.07, 6.45) is 19.3. The zero-order valence-electron chi connectivity index (χ0n) is 14.1. The van der Waals surface area contributed by atoms with Gasteiger partial charge in [-0.2, -0.15) is 0 Å². The van der Waals surface area contributed by atoms with Crippen molar-refractivity contribution >= 4 is 5.91 Å². The van der Waals surface area contributed by atoms with Crippen molar-refractivity contribution in [1.82, 2.24) is 5.32 Å². The molecule has 0 heterocycles. The molecule has 120 valence electrons. The average Bonchev–Trinajstić information content (AvgIpc) is 2.49. The fourth-order valence-corrected chi connectivity index (χ4v) is 1.43. The molecule has 0 spiro atoms. The summed E-state index contributed by atoms with van der Waals surface area (Å²) in [5.41, 5.74) is 0. The predicted molar refractivity (Wildman–Crippen MR) is 96.3 cm³/mol. The molecule has 0 aliphatic heterocycles. The van der Waals surface area contributed by atoms with Gasteiger partial charge in [0.1, 0.15) is 0 Å². The fraction of sp³-hybridized carbons (Fsp3) is 0.450. The highest BCUT2D eigenvalue weighted by Crippen LogP contribution is 1.94. The summed E-state index contributed by atoms with van der Waals surface area (Å²) in [5.74, 6) is 6.38. The van der Waals surface area contributed by atoms with Crippen LogP contribution < -0.4 is 5.32 Å². The number of amides is 1. The monoisotopic (exact) mass is 299 g/mol. The third-order valence-electron chi connectivity index (χ3n) is 2.62. The van der Waals surface area contributed by atoms with Crippen LogP contribution in [0.25, 0.3) is 0 Å². The van der Waals surface area contributed by atoms with E-state index in [1.165, 1.54) is 0 Å². The highest BCUT2D eigenvalue weighted by Gasteiger charge is 1.96. The van der Waals surface area contributed by atoms with E-state index in [-0.39, 0.29) is 5.91 Å². The lowest BCUT2D eigenvalue weighted by atomic mass is 10.2. The van der Waals surface area contributed by atoms with Gasteiger partial charge in [0.25, 0.3) is 0 Å². The van der Waals surface area contributed by atoms with Crippen molar-refractivity contribution in [3.63, 3.8) is 0 Å². The second-order valence-corrected chi connectivity index (χ2v) is 5.39. The van der Waals surface area contributed by atoms with Crippen molar-refractivity contribution in [2.24, 2.45) is 5.92 Å². The van der Waals surface area contributed by atoms with Gasteiger partial charge in [-0.05, 0) is 43.4 Å². The van der Waals surface area contributed by atoms with Crippen LogP contribution in [0.3, 0.4) is 0 Å². The molecule has 0 aromatic carbocycles. The van der Waals surface area contributed by atoms with Crippen LogP contribution in [0.2, 0.25) is 0 Å². The maximum Gasteiger partial charge on any atom is 0.243 e. The number of rotatable bonds is 9. The Labute approximate surface area is 136 Å². The number of unbranched alkanes of at least 4 members (excludes halogenated alkanes) is 2. The summed E-state index contributed by atoms with van der Waals surface area (Å²) in [7, 11) is 0. The second kappa shape index (κ2) is 15.4. The Hall–Kier alpha value is -2.01. The molecule has 22 heavy (non-hydrogen) atoms. The molecule has 0 aliphatic carbocycles. The third-order valence-corrected chi connectivity index (χ3v) is 2.62. The first-order valence-electron chi connectivity index (χ1n) is 8.09. The van der Waals surface area contributed by atoms with E-state index >= 15 is 0 Å². The molecule has 0 atom stereocenters. The molecule has 0 aromatic rings. The quantitative estimate of drug-likeness (QED) is 0.287. The fourth-order valence-electron chi connectivity index (χ4n) is 1.43. The Morgan fingerprint density at radius 3 is 2.45 bits per heavy atom. The second-order valence-electron chi connectivity index (χ2n) is 5.39. The molecule has 0 saturated carbocycles. The molecule has 2 heteroatoms. The normalized spacial score (nSPS) is 11.8. The van der Waals surface area contributed by atoms with Crippen LogP contribution in [-0.4, -0.2) is 12.5 Å². The minimum absolute atomic E-state index is 0.0102. The first kappa shape index (κ1) is 20.0. The molecule has 0 saturated heterocycles. The molecule has 0 bridgehead atoms. The lowest BCUT2D eigenvalue weighted by molar-refractivity contribution is -0.116. The molecule has 0 rings (SSSR count). The largest absolute Gasteiger partial charge is 0.352 e. The number of hydrogen-bond acceptors (Lipinski definition) is 1. The van der Waals surface area contributed by atoms with Crippen LogP contribution in [0.5, 0.6) is 0 Å². The van der Waals surface area contributed by atoms with Gasteiger partial charge in [0.2, 0.25) is 5.91 Å². The van der Waals surface area contributed by atoms with E-state index in [9.17, 15) is 4.79 Å². The summed E-state index contributed by atoms with van der Waals surface area (Å²) in [6.45, 7) is 7.03. The van der Waals surface area contributed by atoms with E-state index in [4.69, 9.17) is 0 Å². The Morgan fingerprint density at radius 1 is 1.00 bits per heavy atom. The van der Waals surface area contributed by atoms with Gasteiger partial charge in [-0.3, -0.25) is 4.79 Å². The summed E-state index contributed by atoms with van der Waals surface area (Å²) < 4.78 is 0. The zero-order valence-corrected chi connectivity index (χ0v) is 14.1. The van der Waals surface area contributed by atoms with E-state index < -0.39 is 0 Å². The van der Waals surface area contributed by atoms with E-state index in [0.29, 0.717) is 5.92 Å². The summed E-state index contributed by atoms with van der Waals surface area (Å²) >= 11 is 0.